The van der Waals surface area contributed by atoms with Crippen LogP contribution < -0.4 is 0 Å². The Morgan fingerprint density at radius 3 is 2.50 bits per heavy atom. The lowest BCUT2D eigenvalue weighted by atomic mass is 9.97. The first kappa shape index (κ1) is 21.2. The van der Waals surface area contributed by atoms with Crippen LogP contribution in [-0.2, 0) is 24.7 Å². The topological polar surface area (TPSA) is 91.8 Å². The van der Waals surface area contributed by atoms with E-state index in [1.807, 2.05) is 0 Å². The smallest absolute Gasteiger partial charge is 0.243 e. The average Bonchev–Trinajstić information content (AvgIpc) is 3.02. The van der Waals surface area contributed by atoms with Crippen molar-refractivity contribution in [2.24, 2.45) is 5.92 Å². The maximum absolute atomic E-state index is 13.1. The van der Waals surface area contributed by atoms with Crippen molar-refractivity contribution in [3.63, 3.8) is 0 Å². The van der Waals surface area contributed by atoms with Gasteiger partial charge in [0.25, 0.3) is 0 Å². The molecule has 2 atom stereocenters. The molecule has 0 aromatic heterocycles. The van der Waals surface area contributed by atoms with Crippen molar-refractivity contribution in [3.05, 3.63) is 30.1 Å². The molecule has 1 aromatic carbocycles. The quantitative estimate of drug-likeness (QED) is 0.699. The Morgan fingerprint density at radius 2 is 1.93 bits per heavy atom. The Bertz CT molecular complexity index is 931. The highest BCUT2D eigenvalue weighted by Gasteiger charge is 2.39. The molecule has 0 spiro atoms. The predicted molar refractivity (Wildman–Crippen MR) is 102 cm³/mol. The number of nitrogens with zero attached hydrogens (tertiary/aromatic N) is 2. The van der Waals surface area contributed by atoms with Crippen molar-refractivity contribution >= 4 is 25.8 Å². The van der Waals surface area contributed by atoms with E-state index in [0.717, 1.165) is 12.1 Å². The van der Waals surface area contributed by atoms with Crippen LogP contribution in [0, 0.1) is 11.7 Å². The van der Waals surface area contributed by atoms with Gasteiger partial charge in [0, 0.05) is 25.7 Å². The number of sulfonamides is 1. The molecular formula is C18H25FN2O5S2. The molecule has 28 heavy (non-hydrogen) atoms. The van der Waals surface area contributed by atoms with E-state index in [1.54, 1.807) is 11.8 Å². The summed E-state index contributed by atoms with van der Waals surface area (Å²) in [6, 6.07) is 4.29. The third-order valence-electron chi connectivity index (χ3n) is 5.46. The van der Waals surface area contributed by atoms with Gasteiger partial charge in [0.2, 0.25) is 15.9 Å². The second-order valence-electron chi connectivity index (χ2n) is 7.34. The SMILES string of the molecule is CCN(C(=O)[C@@H]1CCCN(S(=O)(=O)c2ccc(F)cc2)C1)[C@@H]1CCS(=O)(=O)C1. The van der Waals surface area contributed by atoms with E-state index in [1.165, 1.54) is 16.4 Å². The Kier molecular flexibility index (Phi) is 6.11. The van der Waals surface area contributed by atoms with E-state index in [-0.39, 0.29) is 34.9 Å². The Balaban J connectivity index is 1.75. The molecule has 2 heterocycles. The van der Waals surface area contributed by atoms with Crippen LogP contribution in [0.4, 0.5) is 4.39 Å². The van der Waals surface area contributed by atoms with Crippen molar-refractivity contribution in [3.8, 4) is 0 Å². The minimum Gasteiger partial charge on any atom is -0.339 e. The molecule has 0 bridgehead atoms. The fourth-order valence-electron chi connectivity index (χ4n) is 3.97. The molecule has 2 aliphatic heterocycles. The third kappa shape index (κ3) is 4.38. The van der Waals surface area contributed by atoms with E-state index in [4.69, 9.17) is 0 Å². The molecule has 1 amide bonds. The largest absolute Gasteiger partial charge is 0.339 e. The summed E-state index contributed by atoms with van der Waals surface area (Å²) in [4.78, 5) is 14.6. The molecule has 10 heteroatoms. The molecule has 2 aliphatic rings. The van der Waals surface area contributed by atoms with Crippen LogP contribution in [0.25, 0.3) is 0 Å². The molecule has 3 rings (SSSR count). The van der Waals surface area contributed by atoms with Crippen LogP contribution in [0.1, 0.15) is 26.2 Å². The lowest BCUT2D eigenvalue weighted by Crippen LogP contribution is -2.49. The highest BCUT2D eigenvalue weighted by molar-refractivity contribution is 7.91. The Hall–Kier alpha value is -1.52. The van der Waals surface area contributed by atoms with Crippen LogP contribution in [0.3, 0.4) is 0 Å². The molecule has 1 aromatic rings. The maximum atomic E-state index is 13.1. The Labute approximate surface area is 165 Å². The van der Waals surface area contributed by atoms with E-state index in [2.05, 4.69) is 0 Å². The summed E-state index contributed by atoms with van der Waals surface area (Å²) < 4.78 is 63.6. The lowest BCUT2D eigenvalue weighted by Gasteiger charge is -2.36. The van der Waals surface area contributed by atoms with Gasteiger partial charge in [-0.15, -0.1) is 0 Å². The predicted octanol–water partition coefficient (Wildman–Crippen LogP) is 1.26. The number of halogens is 1. The van der Waals surface area contributed by atoms with E-state index >= 15 is 0 Å². The number of sulfone groups is 1. The summed E-state index contributed by atoms with van der Waals surface area (Å²) in [5.41, 5.74) is 0. The molecule has 0 unspecified atom stereocenters. The number of amides is 1. The van der Waals surface area contributed by atoms with E-state index in [0.29, 0.717) is 32.4 Å². The summed E-state index contributed by atoms with van der Waals surface area (Å²) in [6.07, 6.45) is 1.52. The van der Waals surface area contributed by atoms with Gasteiger partial charge in [-0.2, -0.15) is 4.31 Å². The monoisotopic (exact) mass is 432 g/mol. The zero-order valence-electron chi connectivity index (χ0n) is 15.8. The van der Waals surface area contributed by atoms with Gasteiger partial charge in [0.05, 0.1) is 22.3 Å². The van der Waals surface area contributed by atoms with Gasteiger partial charge in [-0.25, -0.2) is 21.2 Å². The van der Waals surface area contributed by atoms with Crippen molar-refractivity contribution in [2.75, 3.05) is 31.1 Å². The first-order valence-electron chi connectivity index (χ1n) is 9.40. The summed E-state index contributed by atoms with van der Waals surface area (Å²) >= 11 is 0. The molecular weight excluding hydrogens is 407 g/mol. The van der Waals surface area contributed by atoms with Crippen LogP contribution in [0.2, 0.25) is 0 Å². The maximum Gasteiger partial charge on any atom is 0.243 e. The number of hydrogen-bond donors (Lipinski definition) is 0. The molecule has 7 nitrogen and oxygen atoms in total. The number of benzene rings is 1. The molecule has 2 saturated heterocycles. The molecule has 2 fully saturated rings. The van der Waals surface area contributed by atoms with Crippen LogP contribution in [0.5, 0.6) is 0 Å². The number of piperidine rings is 1. The van der Waals surface area contributed by atoms with Crippen molar-refractivity contribution in [1.82, 2.24) is 9.21 Å². The first-order chi connectivity index (χ1) is 13.1. The second kappa shape index (κ2) is 8.08. The molecule has 156 valence electrons. The molecule has 0 radical (unpaired) electrons. The van der Waals surface area contributed by atoms with Crippen molar-refractivity contribution < 1.29 is 26.0 Å². The average molecular weight is 433 g/mol. The van der Waals surface area contributed by atoms with Crippen LogP contribution >= 0.6 is 0 Å². The van der Waals surface area contributed by atoms with Gasteiger partial charge >= 0.3 is 0 Å². The van der Waals surface area contributed by atoms with Gasteiger partial charge in [-0.3, -0.25) is 4.79 Å². The van der Waals surface area contributed by atoms with Crippen LogP contribution in [0.15, 0.2) is 29.2 Å². The standard InChI is InChI=1S/C18H25FN2O5S2/c1-2-21(16-9-11-27(23,24)13-16)18(22)14-4-3-10-20(12-14)28(25,26)17-7-5-15(19)6-8-17/h5-8,14,16H,2-4,9-13H2,1H3/t14-,16-/m1/s1. The molecule has 0 aliphatic carbocycles. The zero-order valence-corrected chi connectivity index (χ0v) is 17.4. The minimum absolute atomic E-state index is 0.00349. The van der Waals surface area contributed by atoms with Crippen molar-refractivity contribution in [1.29, 1.82) is 0 Å². The summed E-state index contributed by atoms with van der Waals surface area (Å²) in [5, 5.41) is 0. The second-order valence-corrected chi connectivity index (χ2v) is 11.5. The lowest BCUT2D eigenvalue weighted by molar-refractivity contribution is -0.138. The van der Waals surface area contributed by atoms with E-state index in [9.17, 15) is 26.0 Å². The van der Waals surface area contributed by atoms with Gasteiger partial charge in [0.1, 0.15) is 5.82 Å². The zero-order chi connectivity index (χ0) is 20.5. The van der Waals surface area contributed by atoms with E-state index < -0.39 is 31.6 Å². The van der Waals surface area contributed by atoms with Crippen LogP contribution in [-0.4, -0.2) is 69.1 Å². The van der Waals surface area contributed by atoms with Gasteiger partial charge in [0.15, 0.2) is 9.84 Å². The molecule has 0 N–H and O–H groups in total. The van der Waals surface area contributed by atoms with Crippen molar-refractivity contribution in [2.45, 2.75) is 37.1 Å². The summed E-state index contributed by atoms with van der Waals surface area (Å²) in [6.45, 7) is 2.54. The summed E-state index contributed by atoms with van der Waals surface area (Å²) in [5.74, 6) is -1.17. The fraction of sp³-hybridized carbons (Fsp3) is 0.611. The summed E-state index contributed by atoms with van der Waals surface area (Å²) in [7, 11) is -6.93. The number of rotatable bonds is 5. The number of carbonyl (C=O) groups excluding carboxylic acids is 1. The third-order valence-corrected chi connectivity index (χ3v) is 9.09. The van der Waals surface area contributed by atoms with Gasteiger partial charge in [-0.05, 0) is 50.5 Å². The number of carbonyl (C=O) groups is 1. The van der Waals surface area contributed by atoms with Gasteiger partial charge in [-0.1, -0.05) is 0 Å². The molecule has 0 saturated carbocycles. The highest BCUT2D eigenvalue weighted by Crippen LogP contribution is 2.27. The first-order valence-corrected chi connectivity index (χ1v) is 12.7. The Morgan fingerprint density at radius 1 is 1.25 bits per heavy atom. The fourth-order valence-corrected chi connectivity index (χ4v) is 7.22. The normalized spacial score (nSPS) is 25.5. The van der Waals surface area contributed by atoms with Gasteiger partial charge < -0.3 is 4.90 Å². The number of hydrogen-bond acceptors (Lipinski definition) is 5. The highest BCUT2D eigenvalue weighted by atomic mass is 32.2. The minimum atomic E-state index is -3.82.